The number of nitro groups is 1. The standard InChI is InChI=1S/C22H39NO8/c1-19(2,3)29-16(24)10-13-22(23(27)28,14-11-17(25)30-20(4,5)6)15-12-18(26)31-21(7,8)9/h10-15H2,1-9H3. The zero-order chi connectivity index (χ0) is 24.7. The molecule has 0 aromatic rings. The van der Waals surface area contributed by atoms with Crippen LogP contribution in [0.4, 0.5) is 0 Å². The molecule has 0 radical (unpaired) electrons. The number of nitrogens with zero attached hydrogens (tertiary/aromatic N) is 1. The third-order valence-electron chi connectivity index (χ3n) is 4.03. The Morgan fingerprint density at radius 1 is 0.613 bits per heavy atom. The summed E-state index contributed by atoms with van der Waals surface area (Å²) in [6, 6.07) is 0. The number of hydrogen-bond acceptors (Lipinski definition) is 8. The van der Waals surface area contributed by atoms with Crippen LogP contribution in [-0.4, -0.2) is 45.2 Å². The van der Waals surface area contributed by atoms with Gasteiger partial charge in [0.1, 0.15) is 16.8 Å². The quantitative estimate of drug-likeness (QED) is 0.210. The molecular formula is C22H39NO8. The SMILES string of the molecule is CC(C)(C)OC(=O)CCC(CCC(=O)OC(C)(C)C)(CCC(=O)OC(C)(C)C)[N+](=O)[O-]. The van der Waals surface area contributed by atoms with Crippen molar-refractivity contribution >= 4 is 17.9 Å². The van der Waals surface area contributed by atoms with E-state index in [0.29, 0.717) is 0 Å². The van der Waals surface area contributed by atoms with E-state index in [1.807, 2.05) is 0 Å². The first kappa shape index (κ1) is 28.8. The topological polar surface area (TPSA) is 122 Å². The van der Waals surface area contributed by atoms with E-state index < -0.39 is 45.2 Å². The normalized spacial score (nSPS) is 12.8. The predicted molar refractivity (Wildman–Crippen MR) is 115 cm³/mol. The third-order valence-corrected chi connectivity index (χ3v) is 4.03. The molecule has 0 heterocycles. The summed E-state index contributed by atoms with van der Waals surface area (Å²) < 4.78 is 15.8. The number of hydrogen-bond donors (Lipinski definition) is 0. The van der Waals surface area contributed by atoms with Crippen molar-refractivity contribution in [2.45, 2.75) is 123 Å². The van der Waals surface area contributed by atoms with Crippen LogP contribution >= 0.6 is 0 Å². The largest absolute Gasteiger partial charge is 0.460 e. The fourth-order valence-electron chi connectivity index (χ4n) is 2.83. The second kappa shape index (κ2) is 10.9. The first-order valence-electron chi connectivity index (χ1n) is 10.5. The second-order valence-electron chi connectivity index (χ2n) is 10.7. The van der Waals surface area contributed by atoms with Crippen molar-refractivity contribution in [3.05, 3.63) is 10.1 Å². The zero-order valence-corrected chi connectivity index (χ0v) is 20.5. The van der Waals surface area contributed by atoms with Crippen LogP contribution in [0.5, 0.6) is 0 Å². The molecule has 31 heavy (non-hydrogen) atoms. The smallest absolute Gasteiger partial charge is 0.306 e. The van der Waals surface area contributed by atoms with Crippen molar-refractivity contribution in [1.82, 2.24) is 0 Å². The summed E-state index contributed by atoms with van der Waals surface area (Å²) in [6.07, 6.45) is -1.12. The first-order chi connectivity index (χ1) is 13.7. The fraction of sp³-hybridized carbons (Fsp3) is 0.864. The molecule has 0 fully saturated rings. The maximum Gasteiger partial charge on any atom is 0.306 e. The molecule has 0 saturated carbocycles. The minimum atomic E-state index is -1.66. The molecule has 0 aliphatic rings. The molecule has 0 atom stereocenters. The highest BCUT2D eigenvalue weighted by molar-refractivity contribution is 5.71. The first-order valence-corrected chi connectivity index (χ1v) is 10.5. The second-order valence-corrected chi connectivity index (χ2v) is 10.7. The Kier molecular flexibility index (Phi) is 10.1. The maximum absolute atomic E-state index is 12.2. The Morgan fingerprint density at radius 2 is 0.839 bits per heavy atom. The van der Waals surface area contributed by atoms with Crippen LogP contribution in [0.1, 0.15) is 101 Å². The van der Waals surface area contributed by atoms with Crippen molar-refractivity contribution in [1.29, 1.82) is 0 Å². The summed E-state index contributed by atoms with van der Waals surface area (Å²) in [5, 5.41) is 12.1. The number of esters is 3. The molecular weight excluding hydrogens is 406 g/mol. The molecule has 0 rings (SSSR count). The average Bonchev–Trinajstić information content (AvgIpc) is 2.49. The van der Waals surface area contributed by atoms with Crippen molar-refractivity contribution in [2.75, 3.05) is 0 Å². The van der Waals surface area contributed by atoms with Crippen LogP contribution < -0.4 is 0 Å². The van der Waals surface area contributed by atoms with Crippen molar-refractivity contribution in [3.8, 4) is 0 Å². The van der Waals surface area contributed by atoms with Crippen LogP contribution in [-0.2, 0) is 28.6 Å². The summed E-state index contributed by atoms with van der Waals surface area (Å²) >= 11 is 0. The maximum atomic E-state index is 12.2. The molecule has 0 unspecified atom stereocenters. The van der Waals surface area contributed by atoms with Gasteiger partial charge in [-0.15, -0.1) is 0 Å². The van der Waals surface area contributed by atoms with Gasteiger partial charge in [-0.3, -0.25) is 24.5 Å². The minimum absolute atomic E-state index is 0.166. The van der Waals surface area contributed by atoms with Gasteiger partial charge in [0.15, 0.2) is 0 Å². The summed E-state index contributed by atoms with van der Waals surface area (Å²) in [4.78, 5) is 48.0. The van der Waals surface area contributed by atoms with Crippen LogP contribution in [0.25, 0.3) is 0 Å². The molecule has 0 saturated heterocycles. The molecule has 0 aliphatic heterocycles. The molecule has 180 valence electrons. The lowest BCUT2D eigenvalue weighted by atomic mass is 9.84. The molecule has 0 aromatic carbocycles. The van der Waals surface area contributed by atoms with E-state index in [-0.39, 0.29) is 38.5 Å². The number of carbonyl (C=O) groups is 3. The van der Waals surface area contributed by atoms with Gasteiger partial charge >= 0.3 is 17.9 Å². The number of rotatable bonds is 10. The van der Waals surface area contributed by atoms with Gasteiger partial charge in [0, 0.05) is 24.2 Å². The summed E-state index contributed by atoms with van der Waals surface area (Å²) in [7, 11) is 0. The van der Waals surface area contributed by atoms with E-state index in [1.54, 1.807) is 62.3 Å². The van der Waals surface area contributed by atoms with Gasteiger partial charge < -0.3 is 14.2 Å². The van der Waals surface area contributed by atoms with E-state index in [2.05, 4.69) is 0 Å². The van der Waals surface area contributed by atoms with Crippen molar-refractivity contribution in [3.63, 3.8) is 0 Å². The van der Waals surface area contributed by atoms with Gasteiger partial charge in [-0.25, -0.2) is 0 Å². The summed E-state index contributed by atoms with van der Waals surface area (Å²) in [6.45, 7) is 15.3. The Morgan fingerprint density at radius 3 is 1.00 bits per heavy atom. The molecule has 0 aromatic heterocycles. The average molecular weight is 446 g/mol. The van der Waals surface area contributed by atoms with E-state index in [1.165, 1.54) is 0 Å². The molecule has 9 nitrogen and oxygen atoms in total. The van der Waals surface area contributed by atoms with Crippen molar-refractivity contribution < 1.29 is 33.5 Å². The molecule has 0 aliphatic carbocycles. The lowest BCUT2D eigenvalue weighted by Gasteiger charge is -2.27. The summed E-state index contributed by atoms with van der Waals surface area (Å²) in [5.41, 5.74) is -3.82. The van der Waals surface area contributed by atoms with Gasteiger partial charge in [0.2, 0.25) is 5.54 Å². The molecule has 0 spiro atoms. The minimum Gasteiger partial charge on any atom is -0.460 e. The number of ether oxygens (including phenoxy) is 3. The molecule has 0 bridgehead atoms. The van der Waals surface area contributed by atoms with Crippen LogP contribution in [0.15, 0.2) is 0 Å². The summed E-state index contributed by atoms with van der Waals surface area (Å²) in [5.74, 6) is -1.73. The Labute approximate surface area is 185 Å². The highest BCUT2D eigenvalue weighted by Crippen LogP contribution is 2.31. The Bertz CT molecular complexity index is 571. The Balaban J connectivity index is 5.45. The van der Waals surface area contributed by atoms with E-state index in [9.17, 15) is 24.5 Å². The van der Waals surface area contributed by atoms with Gasteiger partial charge in [-0.05, 0) is 62.3 Å². The molecule has 9 heteroatoms. The van der Waals surface area contributed by atoms with Gasteiger partial charge in [0.05, 0.1) is 19.3 Å². The van der Waals surface area contributed by atoms with Crippen molar-refractivity contribution in [2.24, 2.45) is 0 Å². The Hall–Kier alpha value is -2.19. The lowest BCUT2D eigenvalue weighted by Crippen LogP contribution is -2.41. The van der Waals surface area contributed by atoms with Crippen LogP contribution in [0.2, 0.25) is 0 Å². The monoisotopic (exact) mass is 445 g/mol. The van der Waals surface area contributed by atoms with E-state index in [0.717, 1.165) is 0 Å². The predicted octanol–water partition coefficient (Wildman–Crippen LogP) is 4.37. The van der Waals surface area contributed by atoms with E-state index in [4.69, 9.17) is 14.2 Å². The van der Waals surface area contributed by atoms with E-state index >= 15 is 0 Å². The molecule has 0 amide bonds. The van der Waals surface area contributed by atoms with Gasteiger partial charge in [-0.1, -0.05) is 0 Å². The number of carbonyl (C=O) groups excluding carboxylic acids is 3. The fourth-order valence-corrected chi connectivity index (χ4v) is 2.83. The van der Waals surface area contributed by atoms with Crippen LogP contribution in [0, 0.1) is 10.1 Å². The molecule has 0 N–H and O–H groups in total. The zero-order valence-electron chi connectivity index (χ0n) is 20.5. The highest BCUT2D eigenvalue weighted by atomic mass is 16.6. The highest BCUT2D eigenvalue weighted by Gasteiger charge is 2.44. The third kappa shape index (κ3) is 13.7. The lowest BCUT2D eigenvalue weighted by molar-refractivity contribution is -0.573. The van der Waals surface area contributed by atoms with Gasteiger partial charge in [-0.2, -0.15) is 0 Å². The van der Waals surface area contributed by atoms with Crippen LogP contribution in [0.3, 0.4) is 0 Å². The van der Waals surface area contributed by atoms with Gasteiger partial charge in [0.25, 0.3) is 0 Å².